The van der Waals surface area contributed by atoms with Gasteiger partial charge in [-0.1, -0.05) is 0 Å². The molecule has 4 nitrogen and oxygen atoms in total. The number of morpholine rings is 1. The molecule has 0 aromatic carbocycles. The lowest BCUT2D eigenvalue weighted by Crippen LogP contribution is -2.49. The largest absolute Gasteiger partial charge is 0.374 e. The zero-order chi connectivity index (χ0) is 10.7. The van der Waals surface area contributed by atoms with E-state index >= 15 is 0 Å². The molecular formula is C11H23N3O. The SMILES string of the molecule is CN1CCO[C@@H](CN2CCC(N)CC2)C1. The van der Waals surface area contributed by atoms with Crippen LogP contribution >= 0.6 is 0 Å². The minimum atomic E-state index is 0.401. The molecule has 0 radical (unpaired) electrons. The number of nitrogens with zero attached hydrogens (tertiary/aromatic N) is 2. The standard InChI is InChI=1S/C11H23N3O/c1-13-6-7-15-11(8-13)9-14-4-2-10(12)3-5-14/h10-11H,2-9,12H2,1H3/t11-/m1/s1. The normalized spacial score (nSPS) is 32.0. The van der Waals surface area contributed by atoms with Crippen molar-refractivity contribution in [3.8, 4) is 0 Å². The maximum Gasteiger partial charge on any atom is 0.0829 e. The average molecular weight is 213 g/mol. The van der Waals surface area contributed by atoms with Gasteiger partial charge in [0.15, 0.2) is 0 Å². The molecule has 0 saturated carbocycles. The Hall–Kier alpha value is -0.160. The summed E-state index contributed by atoms with van der Waals surface area (Å²) in [6.07, 6.45) is 2.68. The lowest BCUT2D eigenvalue weighted by molar-refractivity contribution is -0.0381. The summed E-state index contributed by atoms with van der Waals surface area (Å²) in [5.41, 5.74) is 5.89. The first-order valence-corrected chi connectivity index (χ1v) is 6.02. The van der Waals surface area contributed by atoms with Gasteiger partial charge >= 0.3 is 0 Å². The minimum Gasteiger partial charge on any atom is -0.374 e. The van der Waals surface area contributed by atoms with Gasteiger partial charge in [-0.2, -0.15) is 0 Å². The van der Waals surface area contributed by atoms with Gasteiger partial charge in [-0.05, 0) is 33.0 Å². The number of nitrogens with two attached hydrogens (primary N) is 1. The number of likely N-dealkylation sites (tertiary alicyclic amines) is 1. The molecule has 0 aromatic rings. The van der Waals surface area contributed by atoms with Crippen molar-refractivity contribution in [1.29, 1.82) is 0 Å². The van der Waals surface area contributed by atoms with Gasteiger partial charge in [-0.25, -0.2) is 0 Å². The Morgan fingerprint density at radius 1 is 1.27 bits per heavy atom. The lowest BCUT2D eigenvalue weighted by Gasteiger charge is -2.36. The number of piperidine rings is 1. The van der Waals surface area contributed by atoms with Crippen molar-refractivity contribution >= 4 is 0 Å². The van der Waals surface area contributed by atoms with Crippen LogP contribution in [-0.4, -0.2) is 68.3 Å². The van der Waals surface area contributed by atoms with Crippen molar-refractivity contribution in [1.82, 2.24) is 9.80 Å². The molecule has 4 heteroatoms. The molecule has 2 saturated heterocycles. The first kappa shape index (κ1) is 11.3. The Morgan fingerprint density at radius 2 is 2.00 bits per heavy atom. The number of hydrogen-bond donors (Lipinski definition) is 1. The van der Waals surface area contributed by atoms with Crippen LogP contribution in [0.25, 0.3) is 0 Å². The predicted molar refractivity (Wildman–Crippen MR) is 60.9 cm³/mol. The number of likely N-dealkylation sites (N-methyl/N-ethyl adjacent to an activating group) is 1. The van der Waals surface area contributed by atoms with Gasteiger partial charge in [0.1, 0.15) is 0 Å². The third-order valence-corrected chi connectivity index (χ3v) is 3.44. The van der Waals surface area contributed by atoms with Gasteiger partial charge in [0.2, 0.25) is 0 Å². The van der Waals surface area contributed by atoms with Crippen LogP contribution in [0.3, 0.4) is 0 Å². The quantitative estimate of drug-likeness (QED) is 0.686. The molecule has 2 rings (SSSR count). The van der Waals surface area contributed by atoms with Crippen molar-refractivity contribution in [2.45, 2.75) is 25.0 Å². The molecule has 0 aromatic heterocycles. The van der Waals surface area contributed by atoms with Crippen LogP contribution in [0.1, 0.15) is 12.8 Å². The van der Waals surface area contributed by atoms with Crippen molar-refractivity contribution < 1.29 is 4.74 Å². The summed E-state index contributed by atoms with van der Waals surface area (Å²) in [5.74, 6) is 0. The van der Waals surface area contributed by atoms with Crippen LogP contribution in [0.5, 0.6) is 0 Å². The van der Waals surface area contributed by atoms with E-state index in [4.69, 9.17) is 10.5 Å². The highest BCUT2D eigenvalue weighted by atomic mass is 16.5. The van der Waals surface area contributed by atoms with Gasteiger partial charge < -0.3 is 20.3 Å². The molecule has 15 heavy (non-hydrogen) atoms. The van der Waals surface area contributed by atoms with Gasteiger partial charge in [-0.3, -0.25) is 0 Å². The molecule has 88 valence electrons. The summed E-state index contributed by atoms with van der Waals surface area (Å²) in [7, 11) is 2.17. The smallest absolute Gasteiger partial charge is 0.0829 e. The fourth-order valence-electron chi connectivity index (χ4n) is 2.40. The zero-order valence-corrected chi connectivity index (χ0v) is 9.69. The van der Waals surface area contributed by atoms with Gasteiger partial charge in [0.05, 0.1) is 12.7 Å². The number of rotatable bonds is 2. The average Bonchev–Trinajstić information content (AvgIpc) is 2.22. The van der Waals surface area contributed by atoms with E-state index in [9.17, 15) is 0 Å². The second kappa shape index (κ2) is 5.25. The molecule has 1 atom stereocenters. The minimum absolute atomic E-state index is 0.401. The first-order valence-electron chi connectivity index (χ1n) is 6.02. The summed E-state index contributed by atoms with van der Waals surface area (Å²) in [6, 6.07) is 0.427. The van der Waals surface area contributed by atoms with Crippen LogP contribution in [0.15, 0.2) is 0 Å². The highest BCUT2D eigenvalue weighted by molar-refractivity contribution is 4.78. The fourth-order valence-corrected chi connectivity index (χ4v) is 2.40. The highest BCUT2D eigenvalue weighted by Gasteiger charge is 2.23. The maximum absolute atomic E-state index is 5.89. The summed E-state index contributed by atoms with van der Waals surface area (Å²) < 4.78 is 5.76. The van der Waals surface area contributed by atoms with Gasteiger partial charge in [-0.15, -0.1) is 0 Å². The topological polar surface area (TPSA) is 41.7 Å². The molecule has 2 heterocycles. The van der Waals surface area contributed by atoms with E-state index in [1.807, 2.05) is 0 Å². The van der Waals surface area contributed by atoms with Crippen molar-refractivity contribution in [3.63, 3.8) is 0 Å². The van der Waals surface area contributed by atoms with Crippen LogP contribution < -0.4 is 5.73 Å². The van der Waals surface area contributed by atoms with E-state index in [1.165, 1.54) is 0 Å². The van der Waals surface area contributed by atoms with E-state index < -0.39 is 0 Å². The Morgan fingerprint density at radius 3 is 2.67 bits per heavy atom. The summed E-state index contributed by atoms with van der Waals surface area (Å²) in [6.45, 7) is 6.39. The van der Waals surface area contributed by atoms with Crippen LogP contribution in [-0.2, 0) is 4.74 Å². The highest BCUT2D eigenvalue weighted by Crippen LogP contribution is 2.11. The third kappa shape index (κ3) is 3.41. The van der Waals surface area contributed by atoms with Crippen molar-refractivity contribution in [2.24, 2.45) is 5.73 Å². The molecular weight excluding hydrogens is 190 g/mol. The summed E-state index contributed by atoms with van der Waals surface area (Å²) >= 11 is 0. The summed E-state index contributed by atoms with van der Waals surface area (Å²) in [5, 5.41) is 0. The number of ether oxygens (including phenoxy) is 1. The predicted octanol–water partition coefficient (Wildman–Crippen LogP) is -0.260. The molecule has 2 N–H and O–H groups in total. The van der Waals surface area contributed by atoms with E-state index in [2.05, 4.69) is 16.8 Å². The molecule has 0 amide bonds. The van der Waals surface area contributed by atoms with Gasteiger partial charge in [0, 0.05) is 25.7 Å². The van der Waals surface area contributed by atoms with E-state index in [1.54, 1.807) is 0 Å². The molecule has 2 aliphatic heterocycles. The van der Waals surface area contributed by atoms with Crippen LogP contribution in [0.4, 0.5) is 0 Å². The molecule has 0 unspecified atom stereocenters. The van der Waals surface area contributed by atoms with E-state index in [0.29, 0.717) is 12.1 Å². The molecule has 2 aliphatic rings. The van der Waals surface area contributed by atoms with E-state index in [0.717, 1.165) is 52.2 Å². The lowest BCUT2D eigenvalue weighted by atomic mass is 10.1. The first-order chi connectivity index (χ1) is 7.24. The Kier molecular flexibility index (Phi) is 3.97. The van der Waals surface area contributed by atoms with Crippen LogP contribution in [0, 0.1) is 0 Å². The van der Waals surface area contributed by atoms with Crippen LogP contribution in [0.2, 0.25) is 0 Å². The Bertz CT molecular complexity index is 192. The zero-order valence-electron chi connectivity index (χ0n) is 9.69. The summed E-state index contributed by atoms with van der Waals surface area (Å²) in [4.78, 5) is 4.84. The fraction of sp³-hybridized carbons (Fsp3) is 1.00. The molecule has 0 bridgehead atoms. The van der Waals surface area contributed by atoms with Crippen molar-refractivity contribution in [3.05, 3.63) is 0 Å². The maximum atomic E-state index is 5.89. The van der Waals surface area contributed by atoms with Crippen molar-refractivity contribution in [2.75, 3.05) is 46.4 Å². The molecule has 2 fully saturated rings. The van der Waals surface area contributed by atoms with E-state index in [-0.39, 0.29) is 0 Å². The monoisotopic (exact) mass is 213 g/mol. The number of hydrogen-bond acceptors (Lipinski definition) is 4. The second-order valence-corrected chi connectivity index (χ2v) is 4.89. The van der Waals surface area contributed by atoms with Gasteiger partial charge in [0.25, 0.3) is 0 Å². The Balaban J connectivity index is 1.71. The Labute approximate surface area is 92.4 Å². The molecule has 0 aliphatic carbocycles. The molecule has 0 spiro atoms. The third-order valence-electron chi connectivity index (χ3n) is 3.44. The second-order valence-electron chi connectivity index (χ2n) is 4.89.